The maximum atomic E-state index is 11.3. The van der Waals surface area contributed by atoms with Crippen LogP contribution in [0.15, 0.2) is 12.2 Å². The number of carboxylic acids is 1. The zero-order valence-corrected chi connectivity index (χ0v) is 15.5. The van der Waals surface area contributed by atoms with Crippen LogP contribution in [0.4, 0.5) is 0 Å². The minimum absolute atomic E-state index is 0.197. The summed E-state index contributed by atoms with van der Waals surface area (Å²) in [5, 5.41) is 12.5. The van der Waals surface area contributed by atoms with E-state index in [1.165, 1.54) is 57.8 Å². The lowest BCUT2D eigenvalue weighted by Gasteiger charge is -2.05. The van der Waals surface area contributed by atoms with Crippen molar-refractivity contribution in [2.24, 2.45) is 0 Å². The molecule has 4 nitrogen and oxygen atoms in total. The normalized spacial score (nSPS) is 11.0. The highest BCUT2D eigenvalue weighted by Gasteiger charge is 2.00. The molecule has 4 heteroatoms. The molecule has 1 amide bonds. The summed E-state index contributed by atoms with van der Waals surface area (Å²) in [5.41, 5.74) is 0. The van der Waals surface area contributed by atoms with Crippen molar-refractivity contribution in [2.45, 2.75) is 96.8 Å². The highest BCUT2D eigenvalue weighted by atomic mass is 16.4. The number of unbranched alkanes of at least 4 members (excludes halogenated alkanes) is 11. The predicted octanol–water partition coefficient (Wildman–Crippen LogP) is 3.89. The Kier molecular flexibility index (Phi) is 17.0. The van der Waals surface area contributed by atoms with Crippen molar-refractivity contribution in [3.63, 3.8) is 0 Å². The Bertz CT molecular complexity index is 340. The van der Waals surface area contributed by atoms with E-state index in [-0.39, 0.29) is 12.5 Å². The van der Waals surface area contributed by atoms with Crippen LogP contribution in [0.3, 0.4) is 0 Å². The average Bonchev–Trinajstić information content (AvgIpc) is 2.56. The number of aliphatic carboxylic acids is 1. The standard InChI is InChI=1S/C20H37NO3/c1-2-3-4-5-6-7-8-9-10-11-12-13-14-15-16-17-19(22)21-18-20(23)24/h9-10H,2-8,11-18H2,1H3,(H,21,22)(H,23,24)/p-1/b10-9-. The van der Waals surface area contributed by atoms with Crippen LogP contribution in [-0.4, -0.2) is 18.4 Å². The van der Waals surface area contributed by atoms with Crippen LogP contribution < -0.4 is 10.4 Å². The largest absolute Gasteiger partial charge is 0.548 e. The predicted molar refractivity (Wildman–Crippen MR) is 97.5 cm³/mol. The molecule has 0 aliphatic rings. The van der Waals surface area contributed by atoms with E-state index in [0.717, 1.165) is 25.7 Å². The van der Waals surface area contributed by atoms with Crippen molar-refractivity contribution in [1.29, 1.82) is 0 Å². The van der Waals surface area contributed by atoms with Gasteiger partial charge in [0, 0.05) is 6.42 Å². The molecule has 0 radical (unpaired) electrons. The highest BCUT2D eigenvalue weighted by molar-refractivity contribution is 5.80. The number of hydrogen-bond acceptors (Lipinski definition) is 3. The van der Waals surface area contributed by atoms with Gasteiger partial charge in [-0.1, -0.05) is 70.4 Å². The molecule has 0 aromatic rings. The Balaban J connectivity index is 3.20. The van der Waals surface area contributed by atoms with Gasteiger partial charge in [0.2, 0.25) is 5.91 Å². The van der Waals surface area contributed by atoms with Gasteiger partial charge < -0.3 is 15.2 Å². The molecule has 140 valence electrons. The second-order valence-electron chi connectivity index (χ2n) is 6.48. The summed E-state index contributed by atoms with van der Waals surface area (Å²) in [6.45, 7) is 1.86. The number of hydrogen-bond donors (Lipinski definition) is 1. The topological polar surface area (TPSA) is 69.2 Å². The Hall–Kier alpha value is -1.32. The second-order valence-corrected chi connectivity index (χ2v) is 6.48. The Morgan fingerprint density at radius 3 is 1.83 bits per heavy atom. The first-order chi connectivity index (χ1) is 11.7. The lowest BCUT2D eigenvalue weighted by molar-refractivity contribution is -0.304. The minimum Gasteiger partial charge on any atom is -0.548 e. The van der Waals surface area contributed by atoms with Crippen molar-refractivity contribution in [3.05, 3.63) is 12.2 Å². The summed E-state index contributed by atoms with van der Waals surface area (Å²) in [7, 11) is 0. The van der Waals surface area contributed by atoms with Gasteiger partial charge in [0.1, 0.15) is 0 Å². The van der Waals surface area contributed by atoms with E-state index in [1.54, 1.807) is 0 Å². The first-order valence-corrected chi connectivity index (χ1v) is 9.78. The second kappa shape index (κ2) is 18.0. The summed E-state index contributed by atoms with van der Waals surface area (Å²) in [4.78, 5) is 21.5. The lowest BCUT2D eigenvalue weighted by Crippen LogP contribution is -2.37. The third kappa shape index (κ3) is 18.7. The van der Waals surface area contributed by atoms with Gasteiger partial charge in [0.25, 0.3) is 0 Å². The lowest BCUT2D eigenvalue weighted by atomic mass is 10.1. The van der Waals surface area contributed by atoms with Crippen molar-refractivity contribution in [3.8, 4) is 0 Å². The zero-order valence-electron chi connectivity index (χ0n) is 15.5. The Morgan fingerprint density at radius 1 is 0.792 bits per heavy atom. The SMILES string of the molecule is CCCCCCCC/C=C\CCCCCCCC(=O)NCC(=O)[O-]. The number of carbonyl (C=O) groups excluding carboxylic acids is 2. The number of carbonyl (C=O) groups is 2. The molecule has 0 aromatic carbocycles. The third-order valence-corrected chi connectivity index (χ3v) is 4.10. The van der Waals surface area contributed by atoms with Crippen LogP contribution in [0, 0.1) is 0 Å². The Labute approximate surface area is 148 Å². The van der Waals surface area contributed by atoms with Gasteiger partial charge in [0.15, 0.2) is 0 Å². The van der Waals surface area contributed by atoms with E-state index < -0.39 is 5.97 Å². The highest BCUT2D eigenvalue weighted by Crippen LogP contribution is 2.09. The van der Waals surface area contributed by atoms with E-state index >= 15 is 0 Å². The van der Waals surface area contributed by atoms with Crippen LogP contribution in [0.5, 0.6) is 0 Å². The molecule has 1 N–H and O–H groups in total. The number of rotatable bonds is 17. The molecule has 0 fully saturated rings. The molecule has 0 bridgehead atoms. The van der Waals surface area contributed by atoms with Gasteiger partial charge in [-0.05, 0) is 32.1 Å². The van der Waals surface area contributed by atoms with Crippen molar-refractivity contribution >= 4 is 11.9 Å². The van der Waals surface area contributed by atoms with Gasteiger partial charge in [-0.2, -0.15) is 0 Å². The Morgan fingerprint density at radius 2 is 1.29 bits per heavy atom. The van der Waals surface area contributed by atoms with Crippen molar-refractivity contribution in [1.82, 2.24) is 5.32 Å². The molecule has 0 rings (SSSR count). The van der Waals surface area contributed by atoms with Gasteiger partial charge in [-0.15, -0.1) is 0 Å². The molecule has 0 heterocycles. The van der Waals surface area contributed by atoms with Gasteiger partial charge in [-0.3, -0.25) is 4.79 Å². The van der Waals surface area contributed by atoms with Crippen LogP contribution in [-0.2, 0) is 9.59 Å². The molecule has 0 atom stereocenters. The molecule has 0 saturated heterocycles. The van der Waals surface area contributed by atoms with Crippen LogP contribution >= 0.6 is 0 Å². The zero-order chi connectivity index (χ0) is 17.9. The number of allylic oxidation sites excluding steroid dienone is 2. The maximum absolute atomic E-state index is 11.3. The number of nitrogens with one attached hydrogen (secondary N) is 1. The van der Waals surface area contributed by atoms with E-state index in [0.29, 0.717) is 6.42 Å². The first-order valence-electron chi connectivity index (χ1n) is 9.78. The van der Waals surface area contributed by atoms with E-state index in [4.69, 9.17) is 0 Å². The molecule has 0 saturated carbocycles. The number of carboxylic acid groups (broad SMARTS) is 1. The minimum atomic E-state index is -1.24. The van der Waals surface area contributed by atoms with Gasteiger partial charge >= 0.3 is 0 Å². The fraction of sp³-hybridized carbons (Fsp3) is 0.800. The molecule has 0 aromatic heterocycles. The summed E-state index contributed by atoms with van der Waals surface area (Å²) < 4.78 is 0. The molecule has 0 spiro atoms. The molecular formula is C20H36NO3-. The maximum Gasteiger partial charge on any atom is 0.220 e. The van der Waals surface area contributed by atoms with Crippen molar-refractivity contribution < 1.29 is 14.7 Å². The summed E-state index contributed by atoms with van der Waals surface area (Å²) in [5.74, 6) is -1.44. The fourth-order valence-electron chi connectivity index (χ4n) is 2.62. The molecule has 0 unspecified atom stereocenters. The molecule has 24 heavy (non-hydrogen) atoms. The van der Waals surface area contributed by atoms with Gasteiger partial charge in [-0.25, -0.2) is 0 Å². The molecule has 0 aliphatic heterocycles. The average molecular weight is 339 g/mol. The summed E-state index contributed by atoms with van der Waals surface area (Å²) in [6.07, 6.45) is 20.9. The fourth-order valence-corrected chi connectivity index (χ4v) is 2.62. The van der Waals surface area contributed by atoms with Crippen LogP contribution in [0.1, 0.15) is 96.8 Å². The third-order valence-electron chi connectivity index (χ3n) is 4.10. The smallest absolute Gasteiger partial charge is 0.220 e. The van der Waals surface area contributed by atoms with E-state index in [9.17, 15) is 14.7 Å². The summed E-state index contributed by atoms with van der Waals surface area (Å²) in [6, 6.07) is 0. The van der Waals surface area contributed by atoms with E-state index in [1.807, 2.05) is 0 Å². The van der Waals surface area contributed by atoms with Gasteiger partial charge in [0.05, 0.1) is 12.5 Å². The first kappa shape index (κ1) is 22.7. The van der Waals surface area contributed by atoms with Crippen LogP contribution in [0.2, 0.25) is 0 Å². The summed E-state index contributed by atoms with van der Waals surface area (Å²) >= 11 is 0. The van der Waals surface area contributed by atoms with E-state index in [2.05, 4.69) is 24.4 Å². The molecular weight excluding hydrogens is 302 g/mol. The molecule has 0 aliphatic carbocycles. The quantitative estimate of drug-likeness (QED) is 0.323. The monoisotopic (exact) mass is 338 g/mol. The van der Waals surface area contributed by atoms with Crippen molar-refractivity contribution in [2.75, 3.05) is 6.54 Å². The van der Waals surface area contributed by atoms with Crippen LogP contribution in [0.25, 0.3) is 0 Å². The number of amides is 1.